The number of hydrogen-bond donors (Lipinski definition) is 1. The molecule has 1 atom stereocenters. The predicted octanol–water partition coefficient (Wildman–Crippen LogP) is 2.18. The molecule has 1 aromatic heterocycles. The van der Waals surface area contributed by atoms with Gasteiger partial charge < -0.3 is 10.2 Å². The molecule has 2 aliphatic rings. The second-order valence-corrected chi connectivity index (χ2v) is 6.66. The Labute approximate surface area is 120 Å². The molecule has 0 amide bonds. The molecular formula is C15H25N3S. The van der Waals surface area contributed by atoms with Gasteiger partial charge in [-0.2, -0.15) is 0 Å². The molecule has 0 saturated carbocycles. The van der Waals surface area contributed by atoms with Crippen molar-refractivity contribution in [2.45, 2.75) is 25.3 Å². The van der Waals surface area contributed by atoms with E-state index in [1.807, 2.05) is 11.3 Å². The summed E-state index contributed by atoms with van der Waals surface area (Å²) in [7, 11) is 0. The van der Waals surface area contributed by atoms with E-state index >= 15 is 0 Å². The van der Waals surface area contributed by atoms with Gasteiger partial charge in [-0.15, -0.1) is 11.3 Å². The molecule has 0 radical (unpaired) electrons. The maximum atomic E-state index is 3.47. The highest BCUT2D eigenvalue weighted by molar-refractivity contribution is 7.10. The van der Waals surface area contributed by atoms with Gasteiger partial charge in [0.05, 0.1) is 6.04 Å². The average molecular weight is 279 g/mol. The largest absolute Gasteiger partial charge is 0.314 e. The molecule has 3 heterocycles. The van der Waals surface area contributed by atoms with Crippen LogP contribution < -0.4 is 5.32 Å². The molecule has 2 fully saturated rings. The van der Waals surface area contributed by atoms with Crippen molar-refractivity contribution in [3.05, 3.63) is 22.4 Å². The van der Waals surface area contributed by atoms with E-state index < -0.39 is 0 Å². The lowest BCUT2D eigenvalue weighted by molar-refractivity contribution is 0.115. The fourth-order valence-corrected chi connectivity index (χ4v) is 4.10. The number of piperidine rings is 1. The molecule has 0 bridgehead atoms. The fraction of sp³-hybridized carbons (Fsp3) is 0.733. The number of piperazine rings is 1. The minimum Gasteiger partial charge on any atom is -0.314 e. The lowest BCUT2D eigenvalue weighted by Crippen LogP contribution is -2.48. The second-order valence-electron chi connectivity index (χ2n) is 5.68. The summed E-state index contributed by atoms with van der Waals surface area (Å²) in [5, 5.41) is 5.69. The molecule has 1 aromatic rings. The Hall–Kier alpha value is -0.420. The molecule has 0 spiro atoms. The van der Waals surface area contributed by atoms with Gasteiger partial charge >= 0.3 is 0 Å². The van der Waals surface area contributed by atoms with E-state index in [4.69, 9.17) is 0 Å². The summed E-state index contributed by atoms with van der Waals surface area (Å²) in [5.41, 5.74) is 0. The van der Waals surface area contributed by atoms with Crippen LogP contribution in [0.2, 0.25) is 0 Å². The highest BCUT2D eigenvalue weighted by atomic mass is 32.1. The number of nitrogens with one attached hydrogen (secondary N) is 1. The van der Waals surface area contributed by atoms with E-state index in [0.29, 0.717) is 6.04 Å². The molecule has 19 heavy (non-hydrogen) atoms. The number of thiophene rings is 1. The van der Waals surface area contributed by atoms with Crippen molar-refractivity contribution in [2.75, 3.05) is 45.8 Å². The molecular weight excluding hydrogens is 254 g/mol. The highest BCUT2D eigenvalue weighted by Crippen LogP contribution is 2.27. The quantitative estimate of drug-likeness (QED) is 0.911. The van der Waals surface area contributed by atoms with Crippen LogP contribution in [-0.2, 0) is 0 Å². The zero-order valence-electron chi connectivity index (χ0n) is 11.7. The molecule has 2 aliphatic heterocycles. The fourth-order valence-electron chi connectivity index (χ4n) is 3.25. The topological polar surface area (TPSA) is 18.5 Å². The molecule has 4 heteroatoms. The third-order valence-electron chi connectivity index (χ3n) is 4.34. The number of likely N-dealkylation sites (tertiary alicyclic amines) is 1. The van der Waals surface area contributed by atoms with Crippen molar-refractivity contribution in [3.8, 4) is 0 Å². The molecule has 3 rings (SSSR count). The highest BCUT2D eigenvalue weighted by Gasteiger charge is 2.25. The van der Waals surface area contributed by atoms with E-state index in [9.17, 15) is 0 Å². The Morgan fingerprint density at radius 3 is 2.58 bits per heavy atom. The number of nitrogens with zero attached hydrogens (tertiary/aromatic N) is 2. The Kier molecular flexibility index (Phi) is 4.88. The summed E-state index contributed by atoms with van der Waals surface area (Å²) in [6.07, 6.45) is 4.20. The van der Waals surface area contributed by atoms with Crippen LogP contribution in [-0.4, -0.2) is 55.6 Å². The summed E-state index contributed by atoms with van der Waals surface area (Å²) in [5.74, 6) is 0. The number of hydrogen-bond acceptors (Lipinski definition) is 4. The molecule has 1 unspecified atom stereocenters. The zero-order chi connectivity index (χ0) is 12.9. The lowest BCUT2D eigenvalue weighted by atomic mass is 10.1. The van der Waals surface area contributed by atoms with Crippen LogP contribution in [0.25, 0.3) is 0 Å². The molecule has 1 N–H and O–H groups in total. The third kappa shape index (κ3) is 3.57. The van der Waals surface area contributed by atoms with Crippen molar-refractivity contribution in [1.82, 2.24) is 15.1 Å². The van der Waals surface area contributed by atoms with Gasteiger partial charge in [0.15, 0.2) is 0 Å². The van der Waals surface area contributed by atoms with Crippen LogP contribution in [0.5, 0.6) is 0 Å². The van der Waals surface area contributed by atoms with Gasteiger partial charge in [0, 0.05) is 37.6 Å². The van der Waals surface area contributed by atoms with Crippen LogP contribution in [0.1, 0.15) is 30.2 Å². The van der Waals surface area contributed by atoms with Crippen LogP contribution in [0.4, 0.5) is 0 Å². The minimum atomic E-state index is 0.611. The Balaban J connectivity index is 1.68. The molecule has 0 aromatic carbocycles. The maximum absolute atomic E-state index is 3.47. The minimum absolute atomic E-state index is 0.611. The molecule has 106 valence electrons. The van der Waals surface area contributed by atoms with Gasteiger partial charge in [-0.25, -0.2) is 0 Å². The van der Waals surface area contributed by atoms with E-state index in [2.05, 4.69) is 32.6 Å². The molecule has 0 aliphatic carbocycles. The SMILES string of the molecule is c1csc(C(CN2CCCCC2)N2CCNCC2)c1. The third-order valence-corrected chi connectivity index (χ3v) is 5.32. The van der Waals surface area contributed by atoms with Crippen LogP contribution in [0.3, 0.4) is 0 Å². The number of rotatable bonds is 4. The van der Waals surface area contributed by atoms with Gasteiger partial charge in [0.2, 0.25) is 0 Å². The van der Waals surface area contributed by atoms with Crippen LogP contribution in [0, 0.1) is 0 Å². The second kappa shape index (κ2) is 6.84. The first-order valence-corrected chi connectivity index (χ1v) is 8.52. The smallest absolute Gasteiger partial charge is 0.0569 e. The summed E-state index contributed by atoms with van der Waals surface area (Å²) >= 11 is 1.92. The standard InChI is InChI=1S/C15H25N3S/c1-2-8-17(9-3-1)13-14(15-5-4-12-19-15)18-10-6-16-7-11-18/h4-5,12,14,16H,1-3,6-11,13H2. The monoisotopic (exact) mass is 279 g/mol. The molecule has 3 nitrogen and oxygen atoms in total. The molecule has 2 saturated heterocycles. The van der Waals surface area contributed by atoms with Crippen molar-refractivity contribution >= 4 is 11.3 Å². The van der Waals surface area contributed by atoms with E-state index in [1.54, 1.807) is 4.88 Å². The van der Waals surface area contributed by atoms with Gasteiger partial charge in [0.1, 0.15) is 0 Å². The summed E-state index contributed by atoms with van der Waals surface area (Å²) in [6, 6.07) is 5.13. The van der Waals surface area contributed by atoms with Crippen molar-refractivity contribution < 1.29 is 0 Å². The van der Waals surface area contributed by atoms with Crippen molar-refractivity contribution in [2.24, 2.45) is 0 Å². The van der Waals surface area contributed by atoms with Gasteiger partial charge in [-0.05, 0) is 37.4 Å². The van der Waals surface area contributed by atoms with Gasteiger partial charge in [-0.1, -0.05) is 12.5 Å². The maximum Gasteiger partial charge on any atom is 0.0569 e. The predicted molar refractivity (Wildman–Crippen MR) is 81.8 cm³/mol. The Bertz CT molecular complexity index is 353. The summed E-state index contributed by atoms with van der Waals surface area (Å²) in [4.78, 5) is 6.90. The Morgan fingerprint density at radius 1 is 1.11 bits per heavy atom. The normalized spacial score (nSPS) is 24.4. The van der Waals surface area contributed by atoms with Crippen molar-refractivity contribution in [1.29, 1.82) is 0 Å². The zero-order valence-corrected chi connectivity index (χ0v) is 12.5. The van der Waals surface area contributed by atoms with Crippen LogP contribution >= 0.6 is 11.3 Å². The average Bonchev–Trinajstić information content (AvgIpc) is 3.01. The summed E-state index contributed by atoms with van der Waals surface area (Å²) < 4.78 is 0. The van der Waals surface area contributed by atoms with E-state index in [-0.39, 0.29) is 0 Å². The first-order valence-electron chi connectivity index (χ1n) is 7.64. The lowest BCUT2D eigenvalue weighted by Gasteiger charge is -2.38. The van der Waals surface area contributed by atoms with Crippen LogP contribution in [0.15, 0.2) is 17.5 Å². The van der Waals surface area contributed by atoms with E-state index in [1.165, 1.54) is 52.0 Å². The van der Waals surface area contributed by atoms with Crippen molar-refractivity contribution in [3.63, 3.8) is 0 Å². The van der Waals surface area contributed by atoms with Gasteiger partial charge in [-0.3, -0.25) is 4.90 Å². The Morgan fingerprint density at radius 2 is 1.89 bits per heavy atom. The first-order chi connectivity index (χ1) is 9.43. The first kappa shape index (κ1) is 13.6. The van der Waals surface area contributed by atoms with E-state index in [0.717, 1.165) is 13.1 Å². The summed E-state index contributed by atoms with van der Waals surface area (Å²) in [6.45, 7) is 8.49. The van der Waals surface area contributed by atoms with Gasteiger partial charge in [0.25, 0.3) is 0 Å².